The van der Waals surface area contributed by atoms with Crippen LogP contribution in [0.4, 0.5) is 0 Å². The van der Waals surface area contributed by atoms with Crippen LogP contribution in [0.5, 0.6) is 0 Å². The minimum Gasteiger partial charge on any atom is -0.0724 e. The topological polar surface area (TPSA) is 0 Å². The van der Waals surface area contributed by atoms with E-state index in [1.165, 1.54) is 34.0 Å². The molecule has 0 saturated carbocycles. The van der Waals surface area contributed by atoms with Crippen molar-refractivity contribution in [2.24, 2.45) is 0 Å². The highest BCUT2D eigenvalue weighted by molar-refractivity contribution is 9.10. The van der Waals surface area contributed by atoms with Gasteiger partial charge in [0.1, 0.15) is 0 Å². The monoisotopic (exact) mass is 222 g/mol. The Kier molecular flexibility index (Phi) is 2.05. The van der Waals surface area contributed by atoms with Gasteiger partial charge in [0.25, 0.3) is 0 Å². The summed E-state index contributed by atoms with van der Waals surface area (Å²) in [6, 6.07) is 6.51. The fourth-order valence-corrected chi connectivity index (χ4v) is 2.01. The molecule has 1 aromatic carbocycles. The molecule has 0 nitrogen and oxygen atoms in total. The van der Waals surface area contributed by atoms with Gasteiger partial charge in [-0.3, -0.25) is 0 Å². The van der Waals surface area contributed by atoms with Gasteiger partial charge >= 0.3 is 0 Å². The Labute approximate surface area is 81.4 Å². The van der Waals surface area contributed by atoms with Crippen molar-refractivity contribution in [3.63, 3.8) is 0 Å². The minimum atomic E-state index is 1.19. The van der Waals surface area contributed by atoms with Crippen LogP contribution in [-0.2, 0) is 6.42 Å². The van der Waals surface area contributed by atoms with Gasteiger partial charge < -0.3 is 0 Å². The predicted octanol–water partition coefficient (Wildman–Crippen LogP) is 3.80. The first kappa shape index (κ1) is 8.06. The van der Waals surface area contributed by atoms with E-state index in [0.717, 1.165) is 0 Å². The summed E-state index contributed by atoms with van der Waals surface area (Å²) in [5.41, 5.74) is 4.35. The summed E-state index contributed by atoms with van der Waals surface area (Å²) in [5.74, 6) is 0. The second kappa shape index (κ2) is 3.06. The van der Waals surface area contributed by atoms with E-state index in [-0.39, 0.29) is 0 Å². The van der Waals surface area contributed by atoms with Gasteiger partial charge in [-0.15, -0.1) is 0 Å². The lowest BCUT2D eigenvalue weighted by Gasteiger charge is -2.13. The van der Waals surface area contributed by atoms with Crippen LogP contribution in [0, 0.1) is 0 Å². The Balaban J connectivity index is 2.51. The maximum absolute atomic E-state index is 3.48. The molecule has 0 heterocycles. The van der Waals surface area contributed by atoms with Crippen LogP contribution in [0.1, 0.15) is 24.5 Å². The summed E-state index contributed by atoms with van der Waals surface area (Å²) >= 11 is 3.48. The van der Waals surface area contributed by atoms with Gasteiger partial charge in [0, 0.05) is 4.47 Å². The SMILES string of the molecule is CC1=Cc2ccc(Br)cc2CC1. The normalized spacial score (nSPS) is 15.3. The molecule has 0 saturated heterocycles. The van der Waals surface area contributed by atoms with E-state index in [4.69, 9.17) is 0 Å². The van der Waals surface area contributed by atoms with Gasteiger partial charge in [0.15, 0.2) is 0 Å². The second-order valence-electron chi connectivity index (χ2n) is 3.33. The molecule has 1 heteroatoms. The molecule has 1 aliphatic carbocycles. The molecule has 2 rings (SSSR count). The lowest BCUT2D eigenvalue weighted by Crippen LogP contribution is -1.96. The summed E-state index contributed by atoms with van der Waals surface area (Å²) in [4.78, 5) is 0. The minimum absolute atomic E-state index is 1.19. The average molecular weight is 223 g/mol. The predicted molar refractivity (Wildman–Crippen MR) is 56.1 cm³/mol. The van der Waals surface area contributed by atoms with Crippen molar-refractivity contribution in [1.29, 1.82) is 0 Å². The summed E-state index contributed by atoms with van der Waals surface area (Å²) in [6.07, 6.45) is 4.69. The number of allylic oxidation sites excluding steroid dienone is 1. The van der Waals surface area contributed by atoms with Gasteiger partial charge in [0.2, 0.25) is 0 Å². The molecular weight excluding hydrogens is 212 g/mol. The first-order valence-electron chi connectivity index (χ1n) is 4.21. The molecule has 0 unspecified atom stereocenters. The molecule has 0 amide bonds. The zero-order valence-electron chi connectivity index (χ0n) is 7.10. The molecule has 0 aliphatic heterocycles. The highest BCUT2D eigenvalue weighted by atomic mass is 79.9. The van der Waals surface area contributed by atoms with Crippen molar-refractivity contribution in [2.75, 3.05) is 0 Å². The Morgan fingerprint density at radius 3 is 2.92 bits per heavy atom. The van der Waals surface area contributed by atoms with E-state index in [2.05, 4.69) is 47.1 Å². The van der Waals surface area contributed by atoms with Crippen molar-refractivity contribution in [3.8, 4) is 0 Å². The first-order valence-corrected chi connectivity index (χ1v) is 5.00. The molecule has 0 bridgehead atoms. The van der Waals surface area contributed by atoms with Crippen LogP contribution < -0.4 is 0 Å². The summed E-state index contributed by atoms with van der Waals surface area (Å²) < 4.78 is 1.19. The van der Waals surface area contributed by atoms with E-state index >= 15 is 0 Å². The Morgan fingerprint density at radius 2 is 2.08 bits per heavy atom. The van der Waals surface area contributed by atoms with Crippen molar-refractivity contribution in [2.45, 2.75) is 19.8 Å². The number of rotatable bonds is 0. The summed E-state index contributed by atoms with van der Waals surface area (Å²) in [6.45, 7) is 2.20. The van der Waals surface area contributed by atoms with E-state index < -0.39 is 0 Å². The first-order chi connectivity index (χ1) is 5.75. The zero-order valence-corrected chi connectivity index (χ0v) is 8.69. The van der Waals surface area contributed by atoms with Crippen LogP contribution in [-0.4, -0.2) is 0 Å². The highest BCUT2D eigenvalue weighted by Crippen LogP contribution is 2.25. The number of halogens is 1. The van der Waals surface area contributed by atoms with Crippen molar-refractivity contribution in [1.82, 2.24) is 0 Å². The molecule has 0 atom stereocenters. The quantitative estimate of drug-likeness (QED) is 0.627. The lowest BCUT2D eigenvalue weighted by atomic mass is 9.93. The zero-order chi connectivity index (χ0) is 8.55. The van der Waals surface area contributed by atoms with E-state index in [9.17, 15) is 0 Å². The van der Waals surface area contributed by atoms with Gasteiger partial charge in [-0.1, -0.05) is 33.6 Å². The fraction of sp³-hybridized carbons (Fsp3) is 0.273. The maximum atomic E-state index is 3.48. The largest absolute Gasteiger partial charge is 0.0724 e. The Bertz CT molecular complexity index is 337. The third kappa shape index (κ3) is 1.46. The molecule has 62 valence electrons. The van der Waals surface area contributed by atoms with Crippen LogP contribution in [0.3, 0.4) is 0 Å². The molecule has 0 aromatic heterocycles. The smallest absolute Gasteiger partial charge is 0.0178 e. The third-order valence-electron chi connectivity index (χ3n) is 2.30. The van der Waals surface area contributed by atoms with E-state index in [0.29, 0.717) is 0 Å². The molecule has 12 heavy (non-hydrogen) atoms. The second-order valence-corrected chi connectivity index (χ2v) is 4.25. The van der Waals surface area contributed by atoms with Crippen LogP contribution in [0.25, 0.3) is 6.08 Å². The molecule has 1 aromatic rings. The van der Waals surface area contributed by atoms with Crippen molar-refractivity contribution >= 4 is 22.0 Å². The molecule has 0 radical (unpaired) electrons. The Hall–Kier alpha value is -0.560. The van der Waals surface area contributed by atoms with Crippen LogP contribution >= 0.6 is 15.9 Å². The molecule has 0 fully saturated rings. The summed E-state index contributed by atoms with van der Waals surface area (Å²) in [7, 11) is 0. The number of hydrogen-bond acceptors (Lipinski definition) is 0. The van der Waals surface area contributed by atoms with Gasteiger partial charge in [-0.05, 0) is 43.0 Å². The highest BCUT2D eigenvalue weighted by Gasteiger charge is 2.06. The molecule has 0 N–H and O–H groups in total. The number of aryl methyl sites for hydroxylation is 1. The molecule has 0 spiro atoms. The van der Waals surface area contributed by atoms with Gasteiger partial charge in [-0.25, -0.2) is 0 Å². The van der Waals surface area contributed by atoms with E-state index in [1.54, 1.807) is 0 Å². The van der Waals surface area contributed by atoms with Crippen LogP contribution in [0.2, 0.25) is 0 Å². The maximum Gasteiger partial charge on any atom is 0.0178 e. The fourth-order valence-electron chi connectivity index (χ4n) is 1.60. The van der Waals surface area contributed by atoms with Crippen molar-refractivity contribution < 1.29 is 0 Å². The number of hydrogen-bond donors (Lipinski definition) is 0. The third-order valence-corrected chi connectivity index (χ3v) is 2.79. The van der Waals surface area contributed by atoms with Gasteiger partial charge in [-0.2, -0.15) is 0 Å². The molecular formula is C11H11Br. The number of benzene rings is 1. The van der Waals surface area contributed by atoms with E-state index in [1.807, 2.05) is 0 Å². The average Bonchev–Trinajstić information content (AvgIpc) is 2.05. The lowest BCUT2D eigenvalue weighted by molar-refractivity contribution is 0.926. The van der Waals surface area contributed by atoms with Gasteiger partial charge in [0.05, 0.1) is 0 Å². The standard InChI is InChI=1S/C11H11Br/c1-8-2-3-10-7-11(12)5-4-9(10)6-8/h4-7H,2-3H2,1H3. The molecule has 1 aliphatic rings. The Morgan fingerprint density at radius 1 is 1.25 bits per heavy atom. The van der Waals surface area contributed by atoms with Crippen molar-refractivity contribution in [3.05, 3.63) is 39.4 Å². The van der Waals surface area contributed by atoms with Crippen LogP contribution in [0.15, 0.2) is 28.2 Å². The summed E-state index contributed by atoms with van der Waals surface area (Å²) in [5, 5.41) is 0. The number of fused-ring (bicyclic) bond motifs is 1.